The number of rotatable bonds is 4. The van der Waals surface area contributed by atoms with Gasteiger partial charge in [-0.3, -0.25) is 5.10 Å². The Balaban J connectivity index is 0.00000218. The number of hydrogen-bond donors (Lipinski definition) is 2. The van der Waals surface area contributed by atoms with Crippen molar-refractivity contribution in [1.82, 2.24) is 20.2 Å². The number of aromatic amines is 1. The van der Waals surface area contributed by atoms with Crippen LogP contribution in [0.3, 0.4) is 0 Å². The van der Waals surface area contributed by atoms with Crippen LogP contribution in [0.15, 0.2) is 24.3 Å². The number of morpholine rings is 1. The van der Waals surface area contributed by atoms with Gasteiger partial charge in [-0.15, -0.1) is 0 Å². The van der Waals surface area contributed by atoms with Gasteiger partial charge in [-0.1, -0.05) is 19.3 Å². The highest BCUT2D eigenvalue weighted by Crippen LogP contribution is 2.33. The Morgan fingerprint density at radius 1 is 1.10 bits per heavy atom. The minimum Gasteiger partial charge on any atom is -0.378 e. The number of fused-ring (bicyclic) bond motifs is 1. The molecular formula is C21H27FN6O. The lowest BCUT2D eigenvalue weighted by atomic mass is 9.88. The third-order valence-corrected chi connectivity index (χ3v) is 5.81. The van der Waals surface area contributed by atoms with Crippen molar-refractivity contribution in [2.45, 2.75) is 38.0 Å². The molecule has 0 spiro atoms. The zero-order valence-electron chi connectivity index (χ0n) is 16.3. The number of hydrogen-bond acceptors (Lipinski definition) is 6. The molecule has 1 aliphatic carbocycles. The normalized spacial score (nSPS) is 18.3. The predicted octanol–water partition coefficient (Wildman–Crippen LogP) is 4.37. The first-order chi connectivity index (χ1) is 14.3. The van der Waals surface area contributed by atoms with Crippen molar-refractivity contribution >= 4 is 28.4 Å². The predicted molar refractivity (Wildman–Crippen MR) is 112 cm³/mol. The summed E-state index contributed by atoms with van der Waals surface area (Å²) in [5.41, 5.74) is 0.781. The highest BCUT2D eigenvalue weighted by molar-refractivity contribution is 5.91. The number of anilines is 3. The number of nitrogens with zero attached hydrogens (tertiary/aromatic N) is 4. The molecule has 7 nitrogen and oxygen atoms in total. The van der Waals surface area contributed by atoms with Gasteiger partial charge in [-0.25, -0.2) is 14.4 Å². The van der Waals surface area contributed by atoms with Gasteiger partial charge in [0.15, 0.2) is 5.82 Å². The Kier molecular flexibility index (Phi) is 5.01. The van der Waals surface area contributed by atoms with E-state index in [9.17, 15) is 4.39 Å². The van der Waals surface area contributed by atoms with Crippen LogP contribution in [-0.2, 0) is 4.74 Å². The van der Waals surface area contributed by atoms with Gasteiger partial charge >= 0.3 is 0 Å². The summed E-state index contributed by atoms with van der Waals surface area (Å²) in [7, 11) is 0. The van der Waals surface area contributed by atoms with Crippen LogP contribution in [0.4, 0.5) is 21.8 Å². The summed E-state index contributed by atoms with van der Waals surface area (Å²) in [6, 6.07) is 6.55. The van der Waals surface area contributed by atoms with Gasteiger partial charge < -0.3 is 15.0 Å². The first-order valence-corrected chi connectivity index (χ1v) is 10.4. The number of benzene rings is 1. The topological polar surface area (TPSA) is 79.0 Å². The Morgan fingerprint density at radius 3 is 2.76 bits per heavy atom. The summed E-state index contributed by atoms with van der Waals surface area (Å²) < 4.78 is 19.2. The fraction of sp³-hybridized carbons (Fsp3) is 0.476. The zero-order chi connectivity index (χ0) is 19.6. The molecule has 0 amide bonds. The largest absolute Gasteiger partial charge is 0.378 e. The lowest BCUT2D eigenvalue weighted by Gasteiger charge is -2.29. The summed E-state index contributed by atoms with van der Waals surface area (Å²) in [5, 5.41) is 11.3. The maximum atomic E-state index is 13.7. The van der Waals surface area contributed by atoms with E-state index in [2.05, 4.69) is 20.4 Å². The summed E-state index contributed by atoms with van der Waals surface area (Å²) >= 11 is 0. The zero-order valence-corrected chi connectivity index (χ0v) is 16.3. The van der Waals surface area contributed by atoms with E-state index in [-0.39, 0.29) is 7.24 Å². The Hall–Kier alpha value is -2.74. The number of halogens is 1. The van der Waals surface area contributed by atoms with Gasteiger partial charge in [0.25, 0.3) is 0 Å². The number of H-pyrrole nitrogens is 1. The van der Waals surface area contributed by atoms with Crippen molar-refractivity contribution in [3.63, 3.8) is 0 Å². The second kappa shape index (κ2) is 7.94. The molecule has 2 aliphatic rings. The molecule has 8 heteroatoms. The second-order valence-electron chi connectivity index (χ2n) is 7.79. The molecule has 3 aromatic rings. The van der Waals surface area contributed by atoms with Gasteiger partial charge in [0.05, 0.1) is 18.7 Å². The molecule has 1 saturated heterocycles. The van der Waals surface area contributed by atoms with Crippen LogP contribution < -0.4 is 10.2 Å². The van der Waals surface area contributed by atoms with Crippen LogP contribution in [0.5, 0.6) is 0 Å². The Bertz CT molecular complexity index is 964. The summed E-state index contributed by atoms with van der Waals surface area (Å²) in [6.45, 7) is 3.04. The van der Waals surface area contributed by atoms with Crippen LogP contribution in [0.1, 0.15) is 45.3 Å². The minimum atomic E-state index is -0.290. The molecule has 0 atom stereocenters. The maximum Gasteiger partial charge on any atom is 0.161 e. The third-order valence-electron chi connectivity index (χ3n) is 5.81. The lowest BCUT2D eigenvalue weighted by molar-refractivity contribution is 0.122. The van der Waals surface area contributed by atoms with Gasteiger partial charge in [0.2, 0.25) is 0 Å². The fourth-order valence-electron chi connectivity index (χ4n) is 4.22. The van der Waals surface area contributed by atoms with Gasteiger partial charge in [-0.05, 0) is 31.0 Å². The van der Waals surface area contributed by atoms with E-state index >= 15 is 0 Å². The average Bonchev–Trinajstić information content (AvgIpc) is 3.16. The molecule has 0 unspecified atom stereocenters. The average molecular weight is 398 g/mol. The van der Waals surface area contributed by atoms with E-state index < -0.39 is 0 Å². The number of nitrogens with one attached hydrogen (secondary N) is 2. The fourth-order valence-corrected chi connectivity index (χ4v) is 4.22. The lowest BCUT2D eigenvalue weighted by Crippen LogP contribution is -2.37. The highest BCUT2D eigenvalue weighted by atomic mass is 19.1. The first-order valence-electron chi connectivity index (χ1n) is 10.4. The van der Waals surface area contributed by atoms with Crippen molar-refractivity contribution < 1.29 is 10.6 Å². The van der Waals surface area contributed by atoms with Gasteiger partial charge in [0, 0.05) is 31.9 Å². The van der Waals surface area contributed by atoms with Crippen molar-refractivity contribution in [1.29, 1.82) is 0 Å². The van der Waals surface area contributed by atoms with E-state index in [0.717, 1.165) is 43.1 Å². The molecular weight excluding hydrogens is 371 g/mol. The summed E-state index contributed by atoms with van der Waals surface area (Å²) in [5.74, 6) is 3.17. The summed E-state index contributed by atoms with van der Waals surface area (Å²) in [4.78, 5) is 12.0. The molecule has 5 rings (SSSR count). The number of aromatic nitrogens is 4. The van der Waals surface area contributed by atoms with E-state index in [1.165, 1.54) is 31.4 Å². The van der Waals surface area contributed by atoms with Crippen LogP contribution in [0, 0.1) is 5.82 Å². The standard InChI is InChI=1S/C21H25FN6O.H2/c22-15-6-7-17-16(12-15)21(27-26-17)24-18-13-19(28-8-10-29-11-9-28)25-20(23-18)14-4-2-1-3-5-14;/h6-7,12-14H,1-5,8-11H2,(H2,23,24,25,26,27);1H. The van der Waals surface area contributed by atoms with Crippen molar-refractivity contribution in [2.24, 2.45) is 0 Å². The molecule has 1 saturated carbocycles. The molecule has 1 aliphatic heterocycles. The SMILES string of the molecule is Fc1ccc2[nH]nc(Nc3cc(N4CCOCC4)nc(C4CCCCC4)n3)c2c1.[HH]. The second-order valence-corrected chi connectivity index (χ2v) is 7.79. The molecule has 2 N–H and O–H groups in total. The van der Waals surface area contributed by atoms with E-state index in [0.29, 0.717) is 36.2 Å². The van der Waals surface area contributed by atoms with Crippen LogP contribution in [0.25, 0.3) is 10.9 Å². The maximum absolute atomic E-state index is 13.7. The molecule has 3 heterocycles. The van der Waals surface area contributed by atoms with E-state index in [1.54, 1.807) is 6.07 Å². The van der Waals surface area contributed by atoms with Crippen molar-refractivity contribution in [3.8, 4) is 0 Å². The van der Waals surface area contributed by atoms with Gasteiger partial charge in [0.1, 0.15) is 23.3 Å². The molecule has 0 bridgehead atoms. The van der Waals surface area contributed by atoms with Crippen molar-refractivity contribution in [3.05, 3.63) is 35.9 Å². The van der Waals surface area contributed by atoms with Gasteiger partial charge in [-0.2, -0.15) is 5.10 Å². The molecule has 1 aromatic carbocycles. The molecule has 154 valence electrons. The van der Waals surface area contributed by atoms with E-state index in [4.69, 9.17) is 14.7 Å². The third kappa shape index (κ3) is 3.89. The smallest absolute Gasteiger partial charge is 0.161 e. The van der Waals surface area contributed by atoms with Crippen molar-refractivity contribution in [2.75, 3.05) is 36.5 Å². The molecule has 2 aromatic heterocycles. The van der Waals surface area contributed by atoms with Crippen LogP contribution in [-0.4, -0.2) is 46.5 Å². The summed E-state index contributed by atoms with van der Waals surface area (Å²) in [6.07, 6.45) is 5.99. The minimum absolute atomic E-state index is 0. The molecule has 29 heavy (non-hydrogen) atoms. The molecule has 0 radical (unpaired) electrons. The monoisotopic (exact) mass is 398 g/mol. The molecule has 2 fully saturated rings. The Labute approximate surface area is 170 Å². The first kappa shape index (κ1) is 18.3. The van der Waals surface area contributed by atoms with Crippen LogP contribution >= 0.6 is 0 Å². The number of ether oxygens (including phenoxy) is 1. The highest BCUT2D eigenvalue weighted by Gasteiger charge is 2.22. The quantitative estimate of drug-likeness (QED) is 0.680. The van der Waals surface area contributed by atoms with Crippen LogP contribution in [0.2, 0.25) is 0 Å². The Morgan fingerprint density at radius 2 is 1.93 bits per heavy atom. The van der Waals surface area contributed by atoms with E-state index in [1.807, 2.05) is 6.07 Å².